The molecule has 2 aromatic heterocycles. The van der Waals surface area contributed by atoms with Crippen molar-refractivity contribution in [1.82, 2.24) is 19.9 Å². The van der Waals surface area contributed by atoms with Gasteiger partial charge in [0.15, 0.2) is 17.0 Å². The summed E-state index contributed by atoms with van der Waals surface area (Å²) in [6.07, 6.45) is 2.43. The normalized spacial score (nSPS) is 13.0. The highest BCUT2D eigenvalue weighted by molar-refractivity contribution is 5.81. The lowest BCUT2D eigenvalue weighted by Crippen LogP contribution is -2.15. The van der Waals surface area contributed by atoms with Crippen LogP contribution in [0, 0.1) is 0 Å². The van der Waals surface area contributed by atoms with E-state index in [1.165, 1.54) is 11.1 Å². The topological polar surface area (TPSA) is 116 Å². The van der Waals surface area contributed by atoms with Gasteiger partial charge >= 0.3 is 0 Å². The molecule has 0 bridgehead atoms. The van der Waals surface area contributed by atoms with Gasteiger partial charge in [-0.3, -0.25) is 0 Å². The summed E-state index contributed by atoms with van der Waals surface area (Å²) in [6, 6.07) is 16.7. The molecule has 0 fully saturated rings. The van der Waals surface area contributed by atoms with Crippen LogP contribution >= 0.6 is 0 Å². The zero-order chi connectivity index (χ0) is 18.4. The lowest BCUT2D eigenvalue weighted by atomic mass is 9.83. The summed E-state index contributed by atoms with van der Waals surface area (Å²) in [5.41, 5.74) is 18.0. The number of nitrogens with one attached hydrogen (secondary N) is 1. The van der Waals surface area contributed by atoms with Gasteiger partial charge in [-0.25, -0.2) is 9.97 Å². The van der Waals surface area contributed by atoms with E-state index in [2.05, 4.69) is 61.7 Å². The van der Waals surface area contributed by atoms with Crippen molar-refractivity contribution >= 4 is 34.3 Å². The van der Waals surface area contributed by atoms with Gasteiger partial charge in [0.2, 0.25) is 5.95 Å². The van der Waals surface area contributed by atoms with Gasteiger partial charge in [0.05, 0.1) is 11.9 Å². The smallest absolute Gasteiger partial charge is 0.224 e. The minimum Gasteiger partial charge on any atom is -0.382 e. The van der Waals surface area contributed by atoms with Crippen molar-refractivity contribution in [3.05, 3.63) is 71.5 Å². The van der Waals surface area contributed by atoms with Gasteiger partial charge in [-0.2, -0.15) is 9.97 Å². The average molecular weight is 355 g/mol. The quantitative estimate of drug-likeness (QED) is 0.506. The summed E-state index contributed by atoms with van der Waals surface area (Å²) in [5, 5.41) is 3.51. The van der Waals surface area contributed by atoms with Crippen molar-refractivity contribution in [2.45, 2.75) is 12.3 Å². The Hall–Kier alpha value is -3.74. The van der Waals surface area contributed by atoms with Gasteiger partial charge in [-0.1, -0.05) is 36.4 Å². The summed E-state index contributed by atoms with van der Waals surface area (Å²) in [5.74, 6) is 0.516. The van der Waals surface area contributed by atoms with Crippen LogP contribution in [0.2, 0.25) is 0 Å². The maximum absolute atomic E-state index is 5.97. The van der Waals surface area contributed by atoms with E-state index in [-0.39, 0.29) is 17.7 Å². The van der Waals surface area contributed by atoms with Crippen LogP contribution in [0.15, 0.2) is 54.7 Å². The molecule has 2 aromatic carbocycles. The molecule has 0 unspecified atom stereocenters. The second-order valence-electron chi connectivity index (χ2n) is 6.56. The summed E-state index contributed by atoms with van der Waals surface area (Å²) >= 11 is 0. The molecular weight excluding hydrogens is 338 g/mol. The monoisotopic (exact) mass is 355 g/mol. The fourth-order valence-electron chi connectivity index (χ4n) is 3.65. The van der Waals surface area contributed by atoms with Gasteiger partial charge in [-0.15, -0.1) is 0 Å². The van der Waals surface area contributed by atoms with Crippen LogP contribution in [0.3, 0.4) is 0 Å². The number of nitrogens with two attached hydrogens (primary N) is 2. The first-order chi connectivity index (χ1) is 13.2. The highest BCUT2D eigenvalue weighted by Crippen LogP contribution is 2.42. The largest absolute Gasteiger partial charge is 0.382 e. The third-order valence-electron chi connectivity index (χ3n) is 4.86. The minimum absolute atomic E-state index is 0.100. The van der Waals surface area contributed by atoms with Crippen molar-refractivity contribution in [1.29, 1.82) is 0 Å². The van der Waals surface area contributed by atoms with E-state index in [1.807, 2.05) is 12.1 Å². The fourth-order valence-corrected chi connectivity index (χ4v) is 3.65. The first-order valence-electron chi connectivity index (χ1n) is 8.68. The highest BCUT2D eigenvalue weighted by atomic mass is 15.1. The molecule has 7 heteroatoms. The molecule has 0 saturated carbocycles. The van der Waals surface area contributed by atoms with Crippen molar-refractivity contribution in [3.63, 3.8) is 0 Å². The average Bonchev–Trinajstić information content (AvgIpc) is 2.68. The van der Waals surface area contributed by atoms with Crippen LogP contribution in [-0.4, -0.2) is 19.9 Å². The molecule has 0 saturated heterocycles. The van der Waals surface area contributed by atoms with E-state index >= 15 is 0 Å². The molecule has 0 atom stereocenters. The van der Waals surface area contributed by atoms with Gasteiger partial charge in [0.25, 0.3) is 0 Å². The molecule has 7 nitrogen and oxygen atoms in total. The predicted octanol–water partition coefficient (Wildman–Crippen LogP) is 3.02. The van der Waals surface area contributed by atoms with Gasteiger partial charge in [0.1, 0.15) is 0 Å². The van der Waals surface area contributed by atoms with Crippen molar-refractivity contribution in [3.8, 4) is 0 Å². The Kier molecular flexibility index (Phi) is 3.39. The second-order valence-corrected chi connectivity index (χ2v) is 6.56. The Bertz CT molecular complexity index is 1130. The van der Waals surface area contributed by atoms with Crippen LogP contribution in [0.4, 0.5) is 23.1 Å². The Morgan fingerprint density at radius 2 is 1.52 bits per heavy atom. The Morgan fingerprint density at radius 1 is 0.852 bits per heavy atom. The third kappa shape index (κ3) is 2.60. The fraction of sp³-hybridized carbons (Fsp3) is 0.100. The Morgan fingerprint density at radius 3 is 2.22 bits per heavy atom. The molecule has 0 spiro atoms. The number of fused-ring (bicyclic) bond motifs is 3. The van der Waals surface area contributed by atoms with E-state index in [9.17, 15) is 0 Å². The van der Waals surface area contributed by atoms with Crippen molar-refractivity contribution in [2.24, 2.45) is 0 Å². The number of rotatable bonds is 2. The maximum atomic E-state index is 5.97. The summed E-state index contributed by atoms with van der Waals surface area (Å²) in [4.78, 5) is 17.2. The lowest BCUT2D eigenvalue weighted by molar-refractivity contribution is 0.777. The van der Waals surface area contributed by atoms with Crippen LogP contribution in [0.5, 0.6) is 0 Å². The molecule has 1 aliphatic heterocycles. The standard InChI is InChI=1S/C20H17N7/c21-18-17-19(27-20(22)26-18)23-10-11(24-17)9-14-12-5-1-3-7-15(12)25-16-8-4-2-6-13(14)16/h1-8,10,14,25H,9H2,(H4,21,22,23,26,27). The summed E-state index contributed by atoms with van der Waals surface area (Å²) in [6.45, 7) is 0. The molecule has 0 amide bonds. The molecule has 4 aromatic rings. The van der Waals surface area contributed by atoms with E-state index < -0.39 is 0 Å². The third-order valence-corrected chi connectivity index (χ3v) is 4.86. The minimum atomic E-state index is 0.100. The number of hydrogen-bond acceptors (Lipinski definition) is 7. The summed E-state index contributed by atoms with van der Waals surface area (Å²) < 4.78 is 0. The van der Waals surface area contributed by atoms with Crippen molar-refractivity contribution in [2.75, 3.05) is 16.8 Å². The number of nitrogens with zero attached hydrogens (tertiary/aromatic N) is 4. The molecule has 3 heterocycles. The van der Waals surface area contributed by atoms with E-state index in [1.54, 1.807) is 6.20 Å². The molecule has 27 heavy (non-hydrogen) atoms. The van der Waals surface area contributed by atoms with Gasteiger partial charge in [-0.05, 0) is 23.3 Å². The molecule has 0 radical (unpaired) electrons. The number of benzene rings is 2. The van der Waals surface area contributed by atoms with E-state index in [0.717, 1.165) is 17.1 Å². The number of anilines is 4. The summed E-state index contributed by atoms with van der Waals surface area (Å²) in [7, 11) is 0. The van der Waals surface area contributed by atoms with Crippen LogP contribution < -0.4 is 16.8 Å². The number of hydrogen-bond donors (Lipinski definition) is 3. The molecule has 0 aliphatic carbocycles. The Balaban J connectivity index is 1.61. The lowest BCUT2D eigenvalue weighted by Gasteiger charge is -2.29. The molecule has 5 N–H and O–H groups in total. The van der Waals surface area contributed by atoms with Crippen LogP contribution in [0.25, 0.3) is 11.2 Å². The number of para-hydroxylation sites is 2. The van der Waals surface area contributed by atoms with E-state index in [4.69, 9.17) is 11.5 Å². The van der Waals surface area contributed by atoms with Gasteiger partial charge in [0, 0.05) is 23.7 Å². The molecular formula is C20H17N7. The molecule has 1 aliphatic rings. The first-order valence-corrected chi connectivity index (χ1v) is 8.68. The SMILES string of the molecule is Nc1nc(N)c2nc(CC3c4ccccc4Nc4ccccc43)cnc2n1. The van der Waals surface area contributed by atoms with Crippen LogP contribution in [-0.2, 0) is 6.42 Å². The highest BCUT2D eigenvalue weighted by Gasteiger charge is 2.26. The zero-order valence-electron chi connectivity index (χ0n) is 14.4. The first kappa shape index (κ1) is 15.5. The second kappa shape index (κ2) is 5.91. The Labute approximate surface area is 155 Å². The zero-order valence-corrected chi connectivity index (χ0v) is 14.4. The van der Waals surface area contributed by atoms with Crippen LogP contribution in [0.1, 0.15) is 22.7 Å². The predicted molar refractivity (Wildman–Crippen MR) is 106 cm³/mol. The number of nitrogen functional groups attached to an aromatic ring is 2. The maximum Gasteiger partial charge on any atom is 0.224 e. The van der Waals surface area contributed by atoms with E-state index in [0.29, 0.717) is 17.6 Å². The molecule has 132 valence electrons. The molecule has 5 rings (SSSR count). The van der Waals surface area contributed by atoms with Crippen molar-refractivity contribution < 1.29 is 0 Å². The van der Waals surface area contributed by atoms with Gasteiger partial charge < -0.3 is 16.8 Å². The number of aromatic nitrogens is 4.